The lowest BCUT2D eigenvalue weighted by atomic mass is 9.70. The highest BCUT2D eigenvalue weighted by Gasteiger charge is 2.52. The van der Waals surface area contributed by atoms with Crippen LogP contribution in [-0.4, -0.2) is 0 Å². The molecule has 1 aromatic heterocycles. The SMILES string of the molecule is c1ccc(-c2ccc(N(c3ccc(-c4ccccc4)cc3)c3ccc4c(c3)C3(c5ccccc5-4)c4ccccc4-c4c3ccc3c4sc4ccccc43)cc2)cc1. The second-order valence-electron chi connectivity index (χ2n) is 15.2. The second-order valence-corrected chi connectivity index (χ2v) is 16.2. The van der Waals surface area contributed by atoms with Crippen molar-refractivity contribution >= 4 is 48.6 Å². The highest BCUT2D eigenvalue weighted by Crippen LogP contribution is 2.65. The Bertz CT molecular complexity index is 3080. The molecule has 1 unspecified atom stereocenters. The summed E-state index contributed by atoms with van der Waals surface area (Å²) in [7, 11) is 0. The molecule has 1 heterocycles. The Kier molecular flexibility index (Phi) is 7.08. The van der Waals surface area contributed by atoms with Gasteiger partial charge in [-0.25, -0.2) is 0 Å². The molecule has 1 nitrogen and oxygen atoms in total. The average Bonchev–Trinajstić information content (AvgIpc) is 3.92. The summed E-state index contributed by atoms with van der Waals surface area (Å²) in [5.74, 6) is 0. The van der Waals surface area contributed by atoms with Crippen molar-refractivity contribution in [3.8, 4) is 44.5 Å². The third kappa shape index (κ3) is 4.68. The Morgan fingerprint density at radius 1 is 0.333 bits per heavy atom. The van der Waals surface area contributed by atoms with Crippen LogP contribution in [-0.2, 0) is 5.41 Å². The van der Waals surface area contributed by atoms with Crippen molar-refractivity contribution in [3.05, 3.63) is 235 Å². The van der Waals surface area contributed by atoms with Gasteiger partial charge >= 0.3 is 0 Å². The summed E-state index contributed by atoms with van der Waals surface area (Å²) in [4.78, 5) is 2.43. The monoisotopic (exact) mass is 741 g/mol. The normalized spacial score (nSPS) is 14.7. The van der Waals surface area contributed by atoms with E-state index in [1.165, 1.54) is 86.9 Å². The molecule has 2 aliphatic carbocycles. The summed E-state index contributed by atoms with van der Waals surface area (Å²) in [5.41, 5.74) is 18.5. The Hall–Kier alpha value is -7.00. The van der Waals surface area contributed by atoms with E-state index in [0.29, 0.717) is 0 Å². The minimum absolute atomic E-state index is 0.460. The predicted molar refractivity (Wildman–Crippen MR) is 241 cm³/mol. The number of rotatable bonds is 5. The Morgan fingerprint density at radius 2 is 0.842 bits per heavy atom. The Labute approximate surface area is 336 Å². The van der Waals surface area contributed by atoms with E-state index in [9.17, 15) is 0 Å². The highest BCUT2D eigenvalue weighted by molar-refractivity contribution is 7.26. The summed E-state index contributed by atoms with van der Waals surface area (Å²) < 4.78 is 2.71. The van der Waals surface area contributed by atoms with E-state index < -0.39 is 5.41 Å². The van der Waals surface area contributed by atoms with Gasteiger partial charge in [-0.2, -0.15) is 0 Å². The lowest BCUT2D eigenvalue weighted by Crippen LogP contribution is -2.26. The van der Waals surface area contributed by atoms with Crippen molar-refractivity contribution in [2.24, 2.45) is 0 Å². The van der Waals surface area contributed by atoms with E-state index in [2.05, 4.69) is 217 Å². The molecule has 0 N–H and O–H groups in total. The number of anilines is 3. The summed E-state index contributed by atoms with van der Waals surface area (Å²) in [6.45, 7) is 0. The number of benzene rings is 9. The van der Waals surface area contributed by atoms with Crippen molar-refractivity contribution < 1.29 is 0 Å². The van der Waals surface area contributed by atoms with E-state index in [4.69, 9.17) is 0 Å². The molecule has 0 saturated heterocycles. The summed E-state index contributed by atoms with van der Waals surface area (Å²) in [6, 6.07) is 78.5. The van der Waals surface area contributed by atoms with Crippen LogP contribution in [0.3, 0.4) is 0 Å². The first-order valence-corrected chi connectivity index (χ1v) is 20.5. The maximum absolute atomic E-state index is 2.49. The van der Waals surface area contributed by atoms with Crippen LogP contribution in [0.1, 0.15) is 22.3 Å². The molecule has 0 aliphatic heterocycles. The fourth-order valence-electron chi connectivity index (χ4n) is 9.84. The Morgan fingerprint density at radius 3 is 1.51 bits per heavy atom. The third-order valence-corrected chi connectivity index (χ3v) is 13.5. The molecule has 0 radical (unpaired) electrons. The van der Waals surface area contributed by atoms with Crippen molar-refractivity contribution in [1.29, 1.82) is 0 Å². The standard InChI is InChI=1S/C55H35NS/c1-3-13-36(14-4-1)38-23-27-40(28-24-38)56(41-29-25-39(26-30-41)37-15-5-2-6-16-37)42-31-32-44-43-17-7-10-20-48(43)55(51(44)35-42)49-21-11-8-19-47(49)53-50(55)34-33-46-45-18-9-12-22-52(45)57-54(46)53/h1-35H. The van der Waals surface area contributed by atoms with Gasteiger partial charge in [-0.05, 0) is 104 Å². The van der Waals surface area contributed by atoms with Crippen LogP contribution in [0.2, 0.25) is 0 Å². The number of hydrogen-bond donors (Lipinski definition) is 0. The Balaban J connectivity index is 1.09. The van der Waals surface area contributed by atoms with Gasteiger partial charge < -0.3 is 4.90 Å². The van der Waals surface area contributed by atoms with Gasteiger partial charge in [0.05, 0.1) is 5.41 Å². The zero-order valence-electron chi connectivity index (χ0n) is 31.1. The van der Waals surface area contributed by atoms with Gasteiger partial charge in [-0.15, -0.1) is 11.3 Å². The maximum atomic E-state index is 2.49. The molecular formula is C55H35NS. The van der Waals surface area contributed by atoms with Gasteiger partial charge in [0.15, 0.2) is 0 Å². The van der Waals surface area contributed by atoms with Gasteiger partial charge in [0.2, 0.25) is 0 Å². The molecule has 9 aromatic carbocycles. The molecule has 0 fully saturated rings. The molecule has 2 heteroatoms. The topological polar surface area (TPSA) is 3.24 Å². The van der Waals surface area contributed by atoms with Crippen molar-refractivity contribution in [1.82, 2.24) is 0 Å². The first-order valence-electron chi connectivity index (χ1n) is 19.7. The van der Waals surface area contributed by atoms with E-state index in [-0.39, 0.29) is 0 Å². The van der Waals surface area contributed by atoms with E-state index >= 15 is 0 Å². The molecule has 1 atom stereocenters. The van der Waals surface area contributed by atoms with E-state index in [0.717, 1.165) is 17.1 Å². The van der Waals surface area contributed by atoms with E-state index in [1.807, 2.05) is 11.3 Å². The predicted octanol–water partition coefficient (Wildman–Crippen LogP) is 15.2. The fourth-order valence-corrected chi connectivity index (χ4v) is 11.1. The molecule has 12 rings (SSSR count). The van der Waals surface area contributed by atoms with Crippen LogP contribution in [0, 0.1) is 0 Å². The third-order valence-electron chi connectivity index (χ3n) is 12.3. The molecule has 57 heavy (non-hydrogen) atoms. The molecule has 266 valence electrons. The van der Waals surface area contributed by atoms with Crippen molar-refractivity contribution in [2.45, 2.75) is 5.41 Å². The first kappa shape index (κ1) is 32.3. The summed E-state index contributed by atoms with van der Waals surface area (Å²) in [6.07, 6.45) is 0. The molecule has 0 saturated carbocycles. The quantitative estimate of drug-likeness (QED) is 0.170. The lowest BCUT2D eigenvalue weighted by Gasteiger charge is -2.32. The molecule has 0 amide bonds. The zero-order chi connectivity index (χ0) is 37.5. The van der Waals surface area contributed by atoms with Crippen LogP contribution in [0.25, 0.3) is 64.7 Å². The highest BCUT2D eigenvalue weighted by atomic mass is 32.1. The minimum atomic E-state index is -0.460. The molecule has 10 aromatic rings. The summed E-state index contributed by atoms with van der Waals surface area (Å²) >= 11 is 1.93. The van der Waals surface area contributed by atoms with Crippen LogP contribution in [0.4, 0.5) is 17.1 Å². The second kappa shape index (κ2) is 12.5. The summed E-state index contributed by atoms with van der Waals surface area (Å²) in [5, 5.41) is 2.67. The van der Waals surface area contributed by atoms with Gasteiger partial charge in [-0.1, -0.05) is 170 Å². The van der Waals surface area contributed by atoms with Gasteiger partial charge in [0, 0.05) is 42.8 Å². The largest absolute Gasteiger partial charge is 0.310 e. The smallest absolute Gasteiger partial charge is 0.0726 e. The van der Waals surface area contributed by atoms with Crippen molar-refractivity contribution in [2.75, 3.05) is 4.90 Å². The molecule has 2 aliphatic rings. The lowest BCUT2D eigenvalue weighted by molar-refractivity contribution is 0.794. The van der Waals surface area contributed by atoms with Gasteiger partial charge in [0.25, 0.3) is 0 Å². The zero-order valence-corrected chi connectivity index (χ0v) is 31.9. The van der Waals surface area contributed by atoms with E-state index in [1.54, 1.807) is 0 Å². The van der Waals surface area contributed by atoms with Gasteiger partial charge in [-0.3, -0.25) is 0 Å². The van der Waals surface area contributed by atoms with Crippen molar-refractivity contribution in [3.63, 3.8) is 0 Å². The number of thiophene rings is 1. The van der Waals surface area contributed by atoms with Crippen LogP contribution in [0.5, 0.6) is 0 Å². The minimum Gasteiger partial charge on any atom is -0.310 e. The fraction of sp³-hybridized carbons (Fsp3) is 0.0182. The molecular weight excluding hydrogens is 707 g/mol. The number of nitrogens with zero attached hydrogens (tertiary/aromatic N) is 1. The molecule has 0 bridgehead atoms. The maximum Gasteiger partial charge on any atom is 0.0726 e. The van der Waals surface area contributed by atoms with Crippen LogP contribution >= 0.6 is 11.3 Å². The van der Waals surface area contributed by atoms with Gasteiger partial charge in [0.1, 0.15) is 0 Å². The van der Waals surface area contributed by atoms with Crippen LogP contribution in [0.15, 0.2) is 212 Å². The average molecular weight is 742 g/mol. The number of fused-ring (bicyclic) bond motifs is 14. The first-order chi connectivity index (χ1) is 28.3. The number of hydrogen-bond acceptors (Lipinski definition) is 2. The molecule has 1 spiro atoms. The van der Waals surface area contributed by atoms with Crippen LogP contribution < -0.4 is 4.90 Å².